The molecule has 29 heavy (non-hydrogen) atoms. The second-order valence-corrected chi connectivity index (χ2v) is 8.15. The van der Waals surface area contributed by atoms with Crippen molar-refractivity contribution in [2.75, 3.05) is 6.54 Å². The van der Waals surface area contributed by atoms with Gasteiger partial charge in [-0.1, -0.05) is 36.4 Å². The number of halogens is 1. The van der Waals surface area contributed by atoms with Gasteiger partial charge in [0.1, 0.15) is 5.69 Å². The van der Waals surface area contributed by atoms with Crippen LogP contribution in [0.5, 0.6) is 0 Å². The molecule has 6 heteroatoms. The summed E-state index contributed by atoms with van der Waals surface area (Å²) in [6, 6.07) is 19.1. The van der Waals surface area contributed by atoms with E-state index in [0.29, 0.717) is 12.2 Å². The van der Waals surface area contributed by atoms with Crippen LogP contribution in [0.4, 0.5) is 0 Å². The van der Waals surface area contributed by atoms with E-state index in [1.807, 2.05) is 63.2 Å². The first-order valence-corrected chi connectivity index (χ1v) is 10.2. The van der Waals surface area contributed by atoms with Crippen LogP contribution in [-0.4, -0.2) is 33.1 Å². The van der Waals surface area contributed by atoms with Crippen LogP contribution in [0.2, 0.25) is 0 Å². The summed E-state index contributed by atoms with van der Waals surface area (Å²) in [6.07, 6.45) is 5.83. The fourth-order valence-electron chi connectivity index (χ4n) is 2.35. The van der Waals surface area contributed by atoms with E-state index in [1.165, 1.54) is 10.6 Å². The Balaban J connectivity index is 0.000000360. The standard InChI is InChI=1S/C18H22N2O2.C5H4BrN/c1-18(2,3)22-20(14-12-15-9-5-4-6-10-15)17(21)16-11-7-8-13-19-16;6-5-2-1-3-7-4-5/h4-11,13H,12,14H2,1-3H3;1-4H. The summed E-state index contributed by atoms with van der Waals surface area (Å²) in [7, 11) is 0. The smallest absolute Gasteiger partial charge is 0.265 e. The molecule has 0 saturated heterocycles. The topological polar surface area (TPSA) is 55.3 Å². The summed E-state index contributed by atoms with van der Waals surface area (Å²) in [4.78, 5) is 26.4. The van der Waals surface area contributed by atoms with Crippen LogP contribution in [0, 0.1) is 0 Å². The Kier molecular flexibility index (Phi) is 8.96. The van der Waals surface area contributed by atoms with Crippen LogP contribution in [0.1, 0.15) is 36.8 Å². The molecule has 2 aromatic heterocycles. The average Bonchev–Trinajstić information content (AvgIpc) is 2.72. The number of carbonyl (C=O) groups excluding carboxylic acids is 1. The van der Waals surface area contributed by atoms with Gasteiger partial charge >= 0.3 is 0 Å². The SMILES string of the molecule is Brc1cccnc1.CC(C)(C)ON(CCc1ccccc1)C(=O)c1ccccn1. The number of pyridine rings is 2. The Bertz CT molecular complexity index is 854. The highest BCUT2D eigenvalue weighted by atomic mass is 79.9. The van der Waals surface area contributed by atoms with Crippen LogP contribution in [0.25, 0.3) is 0 Å². The van der Waals surface area contributed by atoms with Crippen molar-refractivity contribution in [2.45, 2.75) is 32.8 Å². The molecule has 5 nitrogen and oxygen atoms in total. The quantitative estimate of drug-likeness (QED) is 0.487. The van der Waals surface area contributed by atoms with E-state index in [2.05, 4.69) is 25.9 Å². The summed E-state index contributed by atoms with van der Waals surface area (Å²) in [5, 5.41) is 1.41. The van der Waals surface area contributed by atoms with Gasteiger partial charge in [-0.2, -0.15) is 0 Å². The van der Waals surface area contributed by atoms with E-state index >= 15 is 0 Å². The van der Waals surface area contributed by atoms with Gasteiger partial charge in [0.25, 0.3) is 5.91 Å². The first-order valence-electron chi connectivity index (χ1n) is 9.36. The third-order valence-electron chi connectivity index (χ3n) is 3.57. The van der Waals surface area contributed by atoms with Gasteiger partial charge in [0.15, 0.2) is 0 Å². The minimum absolute atomic E-state index is 0.216. The summed E-state index contributed by atoms with van der Waals surface area (Å²) < 4.78 is 1.02. The number of rotatable bonds is 5. The number of hydrogen-bond acceptors (Lipinski definition) is 4. The Labute approximate surface area is 180 Å². The van der Waals surface area contributed by atoms with E-state index in [0.717, 1.165) is 10.9 Å². The highest BCUT2D eigenvalue weighted by Gasteiger charge is 2.23. The van der Waals surface area contributed by atoms with Crippen LogP contribution in [0.15, 0.2) is 83.7 Å². The molecule has 0 aliphatic heterocycles. The lowest BCUT2D eigenvalue weighted by atomic mass is 10.1. The predicted molar refractivity (Wildman–Crippen MR) is 118 cm³/mol. The maximum Gasteiger partial charge on any atom is 0.296 e. The van der Waals surface area contributed by atoms with Crippen molar-refractivity contribution < 1.29 is 9.63 Å². The largest absolute Gasteiger partial charge is 0.296 e. The lowest BCUT2D eigenvalue weighted by molar-refractivity contribution is -0.195. The highest BCUT2D eigenvalue weighted by Crippen LogP contribution is 2.14. The van der Waals surface area contributed by atoms with Gasteiger partial charge in [-0.25, -0.2) is 5.06 Å². The van der Waals surface area contributed by atoms with Crippen molar-refractivity contribution in [1.29, 1.82) is 0 Å². The molecule has 2 heterocycles. The van der Waals surface area contributed by atoms with Gasteiger partial charge in [0, 0.05) is 23.1 Å². The van der Waals surface area contributed by atoms with Crippen LogP contribution < -0.4 is 0 Å². The first-order chi connectivity index (χ1) is 13.8. The molecule has 0 atom stereocenters. The molecule has 0 bridgehead atoms. The maximum absolute atomic E-state index is 12.6. The minimum Gasteiger partial charge on any atom is -0.265 e. The monoisotopic (exact) mass is 455 g/mol. The molecule has 1 aromatic carbocycles. The second-order valence-electron chi connectivity index (χ2n) is 7.23. The van der Waals surface area contributed by atoms with Crippen molar-refractivity contribution >= 4 is 21.8 Å². The van der Waals surface area contributed by atoms with Crippen molar-refractivity contribution in [3.05, 3.63) is 95.0 Å². The Morgan fingerprint density at radius 1 is 1.00 bits per heavy atom. The normalized spacial score (nSPS) is 10.6. The van der Waals surface area contributed by atoms with Crippen LogP contribution in [0.3, 0.4) is 0 Å². The lowest BCUT2D eigenvalue weighted by Gasteiger charge is -2.29. The number of carbonyl (C=O) groups is 1. The zero-order valence-corrected chi connectivity index (χ0v) is 18.5. The number of hydroxylamine groups is 2. The molecule has 0 saturated carbocycles. The third kappa shape index (κ3) is 8.98. The molecule has 0 radical (unpaired) electrons. The Morgan fingerprint density at radius 2 is 1.72 bits per heavy atom. The van der Waals surface area contributed by atoms with Crippen LogP contribution >= 0.6 is 15.9 Å². The summed E-state index contributed by atoms with van der Waals surface area (Å²) in [6.45, 7) is 6.26. The fraction of sp³-hybridized carbons (Fsp3) is 0.261. The number of hydrogen-bond donors (Lipinski definition) is 0. The molecule has 152 valence electrons. The van der Waals surface area contributed by atoms with Crippen molar-refractivity contribution in [1.82, 2.24) is 15.0 Å². The molecule has 3 rings (SSSR count). The zero-order valence-electron chi connectivity index (χ0n) is 17.0. The van der Waals surface area contributed by atoms with Crippen LogP contribution in [-0.2, 0) is 11.3 Å². The minimum atomic E-state index is -0.443. The Morgan fingerprint density at radius 3 is 2.24 bits per heavy atom. The summed E-state index contributed by atoms with van der Waals surface area (Å²) >= 11 is 3.25. The molecule has 0 fully saturated rings. The van der Waals surface area contributed by atoms with Crippen molar-refractivity contribution in [3.63, 3.8) is 0 Å². The number of aromatic nitrogens is 2. The summed E-state index contributed by atoms with van der Waals surface area (Å²) in [5.41, 5.74) is 1.11. The summed E-state index contributed by atoms with van der Waals surface area (Å²) in [5.74, 6) is -0.216. The third-order valence-corrected chi connectivity index (χ3v) is 4.04. The number of benzene rings is 1. The van der Waals surface area contributed by atoms with E-state index < -0.39 is 5.60 Å². The van der Waals surface area contributed by atoms with Crippen molar-refractivity contribution in [2.24, 2.45) is 0 Å². The average molecular weight is 456 g/mol. The van der Waals surface area contributed by atoms with Gasteiger partial charge in [-0.3, -0.25) is 19.6 Å². The Hall–Kier alpha value is -2.57. The lowest BCUT2D eigenvalue weighted by Crippen LogP contribution is -2.40. The van der Waals surface area contributed by atoms with Gasteiger partial charge in [-0.05, 0) is 73.0 Å². The van der Waals surface area contributed by atoms with E-state index in [-0.39, 0.29) is 5.91 Å². The molecule has 3 aromatic rings. The molecule has 1 amide bonds. The van der Waals surface area contributed by atoms with E-state index in [4.69, 9.17) is 4.84 Å². The molecule has 0 aliphatic rings. The van der Waals surface area contributed by atoms with Gasteiger partial charge in [0.2, 0.25) is 0 Å². The molecule has 0 spiro atoms. The predicted octanol–water partition coefficient (Wildman–Crippen LogP) is 5.34. The molecular weight excluding hydrogens is 430 g/mol. The van der Waals surface area contributed by atoms with Gasteiger partial charge in [0.05, 0.1) is 12.1 Å². The zero-order chi connectivity index (χ0) is 21.1. The number of amides is 1. The van der Waals surface area contributed by atoms with E-state index in [1.54, 1.807) is 36.8 Å². The molecule has 0 aliphatic carbocycles. The van der Waals surface area contributed by atoms with E-state index in [9.17, 15) is 4.79 Å². The molecular formula is C23H26BrN3O2. The van der Waals surface area contributed by atoms with Crippen molar-refractivity contribution in [3.8, 4) is 0 Å². The molecule has 0 N–H and O–H groups in total. The van der Waals surface area contributed by atoms with Gasteiger partial charge in [-0.15, -0.1) is 0 Å². The maximum atomic E-state index is 12.6. The fourth-order valence-corrected chi connectivity index (χ4v) is 2.62. The highest BCUT2D eigenvalue weighted by molar-refractivity contribution is 9.10. The molecule has 0 unspecified atom stereocenters. The first kappa shape index (κ1) is 22.7. The second kappa shape index (κ2) is 11.4. The number of nitrogens with zero attached hydrogens (tertiary/aromatic N) is 3. The van der Waals surface area contributed by atoms with Gasteiger partial charge < -0.3 is 0 Å².